The predicted octanol–water partition coefficient (Wildman–Crippen LogP) is 2.55. The Labute approximate surface area is 132 Å². The van der Waals surface area contributed by atoms with E-state index >= 15 is 0 Å². The van der Waals surface area contributed by atoms with Crippen LogP contribution in [0.3, 0.4) is 0 Å². The van der Waals surface area contributed by atoms with Gasteiger partial charge in [-0.1, -0.05) is 37.3 Å². The second-order valence-corrected chi connectivity index (χ2v) is 5.05. The first-order chi connectivity index (χ1) is 10.8. The standard InChI is InChI=1S/C18H24N4/c1-3-15-8-4-5-9-16(15)14-22-18(19-2)21-13-11-17-10-6-7-12-20-17/h4-10,12H,3,11,13-14H2,1-2H3,(H2,19,21,22). The zero-order valence-electron chi connectivity index (χ0n) is 13.3. The number of hydrogen-bond acceptors (Lipinski definition) is 2. The number of aromatic nitrogens is 1. The Bertz CT molecular complexity index is 593. The van der Waals surface area contributed by atoms with Crippen molar-refractivity contribution in [2.75, 3.05) is 13.6 Å². The Balaban J connectivity index is 1.80. The molecule has 0 aliphatic rings. The fourth-order valence-electron chi connectivity index (χ4n) is 2.33. The Morgan fingerprint density at radius 3 is 2.50 bits per heavy atom. The van der Waals surface area contributed by atoms with E-state index in [4.69, 9.17) is 0 Å². The number of pyridine rings is 1. The van der Waals surface area contributed by atoms with Crippen LogP contribution in [0.15, 0.2) is 53.7 Å². The van der Waals surface area contributed by atoms with Gasteiger partial charge >= 0.3 is 0 Å². The van der Waals surface area contributed by atoms with E-state index in [1.807, 2.05) is 24.4 Å². The summed E-state index contributed by atoms with van der Waals surface area (Å²) >= 11 is 0. The number of rotatable bonds is 6. The Morgan fingerprint density at radius 1 is 1.05 bits per heavy atom. The van der Waals surface area contributed by atoms with Gasteiger partial charge in [0.1, 0.15) is 0 Å². The minimum Gasteiger partial charge on any atom is -0.356 e. The summed E-state index contributed by atoms with van der Waals surface area (Å²) in [5, 5.41) is 6.69. The summed E-state index contributed by atoms with van der Waals surface area (Å²) < 4.78 is 0. The van der Waals surface area contributed by atoms with E-state index in [1.54, 1.807) is 7.05 Å². The number of aliphatic imine (C=N–C) groups is 1. The van der Waals surface area contributed by atoms with Gasteiger partial charge in [-0.15, -0.1) is 0 Å². The fourth-order valence-corrected chi connectivity index (χ4v) is 2.33. The van der Waals surface area contributed by atoms with Crippen LogP contribution < -0.4 is 10.6 Å². The first-order valence-corrected chi connectivity index (χ1v) is 7.74. The van der Waals surface area contributed by atoms with Gasteiger partial charge in [0.2, 0.25) is 0 Å². The molecule has 4 heteroatoms. The monoisotopic (exact) mass is 296 g/mol. The maximum absolute atomic E-state index is 4.32. The zero-order chi connectivity index (χ0) is 15.6. The van der Waals surface area contributed by atoms with E-state index < -0.39 is 0 Å². The van der Waals surface area contributed by atoms with Gasteiger partial charge in [0.25, 0.3) is 0 Å². The minimum atomic E-state index is 0.785. The van der Waals surface area contributed by atoms with Crippen LogP contribution >= 0.6 is 0 Å². The highest BCUT2D eigenvalue weighted by molar-refractivity contribution is 5.79. The van der Waals surface area contributed by atoms with Crippen LogP contribution in [-0.2, 0) is 19.4 Å². The smallest absolute Gasteiger partial charge is 0.191 e. The molecule has 0 saturated carbocycles. The van der Waals surface area contributed by atoms with Crippen LogP contribution in [0, 0.1) is 0 Å². The van der Waals surface area contributed by atoms with Crippen molar-refractivity contribution in [1.29, 1.82) is 0 Å². The van der Waals surface area contributed by atoms with Crippen molar-refractivity contribution in [3.63, 3.8) is 0 Å². The SMILES string of the molecule is CCc1ccccc1CNC(=NC)NCCc1ccccn1. The summed E-state index contributed by atoms with van der Waals surface area (Å²) in [5.41, 5.74) is 3.78. The Hall–Kier alpha value is -2.36. The average Bonchev–Trinajstić information content (AvgIpc) is 2.59. The molecule has 0 saturated heterocycles. The van der Waals surface area contributed by atoms with E-state index in [0.717, 1.165) is 37.6 Å². The van der Waals surface area contributed by atoms with Gasteiger partial charge in [-0.2, -0.15) is 0 Å². The number of nitrogens with zero attached hydrogens (tertiary/aromatic N) is 2. The van der Waals surface area contributed by atoms with Crippen molar-refractivity contribution in [3.8, 4) is 0 Å². The highest BCUT2D eigenvalue weighted by Crippen LogP contribution is 2.08. The van der Waals surface area contributed by atoms with Crippen molar-refractivity contribution in [2.45, 2.75) is 26.3 Å². The summed E-state index contributed by atoms with van der Waals surface area (Å²) in [4.78, 5) is 8.58. The highest BCUT2D eigenvalue weighted by Gasteiger charge is 2.02. The highest BCUT2D eigenvalue weighted by atomic mass is 15.2. The fraction of sp³-hybridized carbons (Fsp3) is 0.333. The van der Waals surface area contributed by atoms with E-state index in [0.29, 0.717) is 0 Å². The van der Waals surface area contributed by atoms with Gasteiger partial charge in [-0.3, -0.25) is 9.98 Å². The van der Waals surface area contributed by atoms with E-state index in [-0.39, 0.29) is 0 Å². The molecule has 2 aromatic rings. The van der Waals surface area contributed by atoms with Crippen LogP contribution in [0.5, 0.6) is 0 Å². The third kappa shape index (κ3) is 4.88. The van der Waals surface area contributed by atoms with Crippen LogP contribution in [0.2, 0.25) is 0 Å². The summed E-state index contributed by atoms with van der Waals surface area (Å²) in [6.45, 7) is 3.78. The van der Waals surface area contributed by atoms with Crippen molar-refractivity contribution in [3.05, 3.63) is 65.5 Å². The van der Waals surface area contributed by atoms with Gasteiger partial charge in [-0.05, 0) is 29.7 Å². The van der Waals surface area contributed by atoms with E-state index in [9.17, 15) is 0 Å². The lowest BCUT2D eigenvalue weighted by atomic mass is 10.1. The number of benzene rings is 1. The topological polar surface area (TPSA) is 49.3 Å². The summed E-state index contributed by atoms with van der Waals surface area (Å²) in [6.07, 6.45) is 3.75. The lowest BCUT2D eigenvalue weighted by molar-refractivity contribution is 0.781. The predicted molar refractivity (Wildman–Crippen MR) is 92.0 cm³/mol. The lowest BCUT2D eigenvalue weighted by Crippen LogP contribution is -2.38. The summed E-state index contributed by atoms with van der Waals surface area (Å²) in [6, 6.07) is 14.5. The number of nitrogens with one attached hydrogen (secondary N) is 2. The molecule has 1 aromatic carbocycles. The molecule has 1 heterocycles. The molecule has 4 nitrogen and oxygen atoms in total. The Kier molecular flexibility index (Phi) is 6.42. The van der Waals surface area contributed by atoms with Crippen LogP contribution in [-0.4, -0.2) is 24.5 Å². The maximum atomic E-state index is 4.32. The van der Waals surface area contributed by atoms with Crippen molar-refractivity contribution in [2.24, 2.45) is 4.99 Å². The molecule has 116 valence electrons. The van der Waals surface area contributed by atoms with Gasteiger partial charge in [0.05, 0.1) is 0 Å². The van der Waals surface area contributed by atoms with Crippen LogP contribution in [0.4, 0.5) is 0 Å². The molecule has 0 fully saturated rings. The molecule has 0 spiro atoms. The molecule has 2 rings (SSSR count). The Morgan fingerprint density at radius 2 is 1.82 bits per heavy atom. The van der Waals surface area contributed by atoms with Crippen LogP contribution in [0.1, 0.15) is 23.7 Å². The molecule has 0 atom stereocenters. The second kappa shape index (κ2) is 8.82. The third-order valence-corrected chi connectivity index (χ3v) is 3.57. The molecule has 1 aromatic heterocycles. The van der Waals surface area contributed by atoms with Crippen molar-refractivity contribution in [1.82, 2.24) is 15.6 Å². The maximum Gasteiger partial charge on any atom is 0.191 e. The summed E-state index contributed by atoms with van der Waals surface area (Å²) in [7, 11) is 1.79. The van der Waals surface area contributed by atoms with Gasteiger partial charge < -0.3 is 10.6 Å². The van der Waals surface area contributed by atoms with Gasteiger partial charge in [0.15, 0.2) is 5.96 Å². The molecule has 0 aliphatic heterocycles. The molecule has 0 amide bonds. The second-order valence-electron chi connectivity index (χ2n) is 5.05. The van der Waals surface area contributed by atoms with Crippen molar-refractivity contribution >= 4 is 5.96 Å². The molecular formula is C18H24N4. The molecule has 2 N–H and O–H groups in total. The summed E-state index contributed by atoms with van der Waals surface area (Å²) in [5.74, 6) is 0.821. The first kappa shape index (κ1) is 16.0. The van der Waals surface area contributed by atoms with Gasteiger partial charge in [-0.25, -0.2) is 0 Å². The third-order valence-electron chi connectivity index (χ3n) is 3.57. The molecule has 0 radical (unpaired) electrons. The molecule has 0 aliphatic carbocycles. The number of aryl methyl sites for hydroxylation is 1. The number of hydrogen-bond donors (Lipinski definition) is 2. The lowest BCUT2D eigenvalue weighted by Gasteiger charge is -2.13. The zero-order valence-corrected chi connectivity index (χ0v) is 13.3. The first-order valence-electron chi connectivity index (χ1n) is 7.74. The minimum absolute atomic E-state index is 0.785. The number of guanidine groups is 1. The van der Waals surface area contributed by atoms with E-state index in [2.05, 4.69) is 51.8 Å². The van der Waals surface area contributed by atoms with Crippen LogP contribution in [0.25, 0.3) is 0 Å². The molecule has 0 bridgehead atoms. The molecule has 22 heavy (non-hydrogen) atoms. The average molecular weight is 296 g/mol. The van der Waals surface area contributed by atoms with E-state index in [1.165, 1.54) is 11.1 Å². The largest absolute Gasteiger partial charge is 0.356 e. The quantitative estimate of drug-likeness (QED) is 0.636. The molecule has 0 unspecified atom stereocenters. The van der Waals surface area contributed by atoms with Gasteiger partial charge in [0, 0.05) is 38.4 Å². The normalized spacial score (nSPS) is 11.3. The van der Waals surface area contributed by atoms with Crippen molar-refractivity contribution < 1.29 is 0 Å². The molecular weight excluding hydrogens is 272 g/mol.